The van der Waals surface area contributed by atoms with E-state index in [0.29, 0.717) is 16.7 Å². The van der Waals surface area contributed by atoms with E-state index in [-0.39, 0.29) is 5.82 Å². The van der Waals surface area contributed by atoms with Crippen molar-refractivity contribution in [1.29, 1.82) is 0 Å². The van der Waals surface area contributed by atoms with Crippen LogP contribution in [0.2, 0.25) is 0 Å². The first-order valence-corrected chi connectivity index (χ1v) is 7.60. The average molecular weight is 291 g/mol. The number of nitrogens with zero attached hydrogens (tertiary/aromatic N) is 1. The fourth-order valence-corrected chi connectivity index (χ4v) is 3.16. The van der Waals surface area contributed by atoms with E-state index in [2.05, 4.69) is 4.90 Å². The number of furan rings is 1. The average Bonchev–Trinajstić information content (AvgIpc) is 2.90. The molecule has 0 bridgehead atoms. The number of fused-ring (bicyclic) bond motifs is 1. The molecule has 1 N–H and O–H groups in total. The Kier molecular flexibility index (Phi) is 3.76. The van der Waals surface area contributed by atoms with Crippen LogP contribution in [0.15, 0.2) is 28.7 Å². The maximum Gasteiger partial charge on any atom is 0.135 e. The molecule has 0 saturated carbocycles. The van der Waals surface area contributed by atoms with Crippen LogP contribution in [-0.4, -0.2) is 28.6 Å². The molecule has 0 aliphatic carbocycles. The molecule has 3 nitrogen and oxygen atoms in total. The zero-order chi connectivity index (χ0) is 15.0. The van der Waals surface area contributed by atoms with Crippen molar-refractivity contribution in [3.63, 3.8) is 0 Å². The highest BCUT2D eigenvalue weighted by atomic mass is 19.1. The molecule has 1 fully saturated rings. The quantitative estimate of drug-likeness (QED) is 0.932. The summed E-state index contributed by atoms with van der Waals surface area (Å²) in [7, 11) is 0. The van der Waals surface area contributed by atoms with Crippen LogP contribution < -0.4 is 0 Å². The Morgan fingerprint density at radius 2 is 1.90 bits per heavy atom. The van der Waals surface area contributed by atoms with Crippen molar-refractivity contribution in [2.24, 2.45) is 0 Å². The molecule has 1 saturated heterocycles. The Balaban J connectivity index is 1.89. The van der Waals surface area contributed by atoms with Gasteiger partial charge in [0.1, 0.15) is 23.3 Å². The van der Waals surface area contributed by atoms with E-state index in [9.17, 15) is 9.50 Å². The Labute approximate surface area is 124 Å². The third-order valence-electron chi connectivity index (χ3n) is 4.61. The zero-order valence-corrected chi connectivity index (χ0v) is 12.6. The summed E-state index contributed by atoms with van der Waals surface area (Å²) in [5, 5.41) is 11.4. The lowest BCUT2D eigenvalue weighted by Crippen LogP contribution is -2.50. The van der Waals surface area contributed by atoms with Crippen LogP contribution in [0.3, 0.4) is 0 Å². The highest BCUT2D eigenvalue weighted by Gasteiger charge is 2.37. The molecule has 0 radical (unpaired) electrons. The van der Waals surface area contributed by atoms with Crippen molar-refractivity contribution in [2.45, 2.75) is 44.8 Å². The van der Waals surface area contributed by atoms with Gasteiger partial charge in [-0.2, -0.15) is 0 Å². The molecule has 1 unspecified atom stereocenters. The van der Waals surface area contributed by atoms with E-state index in [1.165, 1.54) is 31.4 Å². The van der Waals surface area contributed by atoms with Gasteiger partial charge >= 0.3 is 0 Å². The van der Waals surface area contributed by atoms with Gasteiger partial charge in [0, 0.05) is 10.9 Å². The first-order valence-electron chi connectivity index (χ1n) is 7.60. The summed E-state index contributed by atoms with van der Waals surface area (Å²) in [4.78, 5) is 2.31. The van der Waals surface area contributed by atoms with E-state index in [0.717, 1.165) is 13.1 Å². The fraction of sp³-hybridized carbons (Fsp3) is 0.529. The molecule has 4 heteroatoms. The first kappa shape index (κ1) is 14.5. The third-order valence-corrected chi connectivity index (χ3v) is 4.61. The Hall–Kier alpha value is -1.39. The summed E-state index contributed by atoms with van der Waals surface area (Å²) in [5.41, 5.74) is 0.215. The lowest BCUT2D eigenvalue weighted by atomic mass is 9.90. The van der Waals surface area contributed by atoms with E-state index >= 15 is 0 Å². The topological polar surface area (TPSA) is 36.6 Å². The van der Waals surface area contributed by atoms with Crippen molar-refractivity contribution < 1.29 is 13.9 Å². The van der Waals surface area contributed by atoms with Gasteiger partial charge in [-0.1, -0.05) is 6.42 Å². The minimum atomic E-state index is -0.730. The predicted molar refractivity (Wildman–Crippen MR) is 80.6 cm³/mol. The molecule has 21 heavy (non-hydrogen) atoms. The summed E-state index contributed by atoms with van der Waals surface area (Å²) >= 11 is 0. The van der Waals surface area contributed by atoms with Crippen LogP contribution in [0.1, 0.15) is 45.0 Å². The molecular weight excluding hydrogens is 269 g/mol. The molecule has 1 aliphatic rings. The minimum Gasteiger partial charge on any atom is -0.458 e. The lowest BCUT2D eigenvalue weighted by Gasteiger charge is -2.43. The van der Waals surface area contributed by atoms with Crippen LogP contribution in [-0.2, 0) is 0 Å². The predicted octanol–water partition coefficient (Wildman–Crippen LogP) is 3.87. The number of rotatable bonds is 3. The number of benzene rings is 1. The Morgan fingerprint density at radius 1 is 1.19 bits per heavy atom. The second-order valence-electron chi connectivity index (χ2n) is 6.43. The van der Waals surface area contributed by atoms with Crippen LogP contribution in [0.4, 0.5) is 4.39 Å². The number of hydrogen-bond donors (Lipinski definition) is 1. The third kappa shape index (κ3) is 2.70. The summed E-state index contributed by atoms with van der Waals surface area (Å²) in [6.07, 6.45) is 2.86. The largest absolute Gasteiger partial charge is 0.458 e. The van der Waals surface area contributed by atoms with Gasteiger partial charge in [0.05, 0.1) is 0 Å². The second kappa shape index (κ2) is 5.43. The summed E-state index contributed by atoms with van der Waals surface area (Å²) < 4.78 is 19.0. The Bertz CT molecular complexity index is 629. The van der Waals surface area contributed by atoms with Gasteiger partial charge in [0.2, 0.25) is 0 Å². The number of halogens is 1. The molecule has 0 spiro atoms. The van der Waals surface area contributed by atoms with Crippen LogP contribution >= 0.6 is 0 Å². The molecule has 0 amide bonds. The molecular formula is C17H22FNO2. The molecule has 3 rings (SSSR count). The molecule has 2 heterocycles. The van der Waals surface area contributed by atoms with Gasteiger partial charge in [0.25, 0.3) is 0 Å². The lowest BCUT2D eigenvalue weighted by molar-refractivity contribution is -0.0304. The van der Waals surface area contributed by atoms with Crippen molar-refractivity contribution in [3.05, 3.63) is 35.8 Å². The molecule has 1 aliphatic heterocycles. The highest BCUT2D eigenvalue weighted by molar-refractivity contribution is 5.78. The van der Waals surface area contributed by atoms with Gasteiger partial charge in [0.15, 0.2) is 0 Å². The molecule has 1 atom stereocenters. The van der Waals surface area contributed by atoms with Crippen molar-refractivity contribution in [2.75, 3.05) is 13.1 Å². The normalized spacial score (nSPS) is 19.0. The van der Waals surface area contributed by atoms with Crippen molar-refractivity contribution in [3.8, 4) is 0 Å². The summed E-state index contributed by atoms with van der Waals surface area (Å²) in [6.45, 7) is 6.07. The van der Waals surface area contributed by atoms with Gasteiger partial charge in [-0.05, 0) is 64.0 Å². The first-order chi connectivity index (χ1) is 9.98. The minimum absolute atomic E-state index is 0.292. The van der Waals surface area contributed by atoms with Gasteiger partial charge in [-0.25, -0.2) is 4.39 Å². The molecule has 2 aromatic rings. The summed E-state index contributed by atoms with van der Waals surface area (Å²) in [6, 6.07) is 6.16. The van der Waals surface area contributed by atoms with Crippen LogP contribution in [0, 0.1) is 5.82 Å². The zero-order valence-electron chi connectivity index (χ0n) is 12.6. The monoisotopic (exact) mass is 291 g/mol. The SMILES string of the molecule is CC(C)(C(O)c1cc2cc(F)ccc2o1)N1CCCCC1. The number of hydrogen-bond acceptors (Lipinski definition) is 3. The van der Waals surface area contributed by atoms with E-state index in [1.807, 2.05) is 13.8 Å². The van der Waals surface area contributed by atoms with Gasteiger partial charge in [-0.15, -0.1) is 0 Å². The summed E-state index contributed by atoms with van der Waals surface area (Å²) in [5.74, 6) is 0.214. The molecule has 1 aromatic heterocycles. The van der Waals surface area contributed by atoms with E-state index in [1.54, 1.807) is 12.1 Å². The van der Waals surface area contributed by atoms with E-state index in [4.69, 9.17) is 4.42 Å². The number of aliphatic hydroxyl groups excluding tert-OH is 1. The maximum absolute atomic E-state index is 13.3. The highest BCUT2D eigenvalue weighted by Crippen LogP contribution is 2.35. The van der Waals surface area contributed by atoms with Gasteiger partial charge < -0.3 is 9.52 Å². The standard InChI is InChI=1S/C17H22FNO2/c1-17(2,19-8-4-3-5-9-19)16(20)15-11-12-10-13(18)6-7-14(12)21-15/h6-7,10-11,16,20H,3-5,8-9H2,1-2H3. The van der Waals surface area contributed by atoms with E-state index < -0.39 is 11.6 Å². The fourth-order valence-electron chi connectivity index (χ4n) is 3.16. The number of piperidine rings is 1. The molecule has 114 valence electrons. The van der Waals surface area contributed by atoms with Crippen molar-refractivity contribution >= 4 is 11.0 Å². The van der Waals surface area contributed by atoms with Crippen LogP contribution in [0.5, 0.6) is 0 Å². The molecule has 1 aromatic carbocycles. The van der Waals surface area contributed by atoms with Gasteiger partial charge in [-0.3, -0.25) is 4.90 Å². The van der Waals surface area contributed by atoms with Crippen LogP contribution in [0.25, 0.3) is 11.0 Å². The Morgan fingerprint density at radius 3 is 2.62 bits per heavy atom. The number of aliphatic hydroxyl groups is 1. The second-order valence-corrected chi connectivity index (χ2v) is 6.43. The number of likely N-dealkylation sites (tertiary alicyclic amines) is 1. The smallest absolute Gasteiger partial charge is 0.135 e. The van der Waals surface area contributed by atoms with Crippen molar-refractivity contribution in [1.82, 2.24) is 4.90 Å². The maximum atomic E-state index is 13.3.